The second kappa shape index (κ2) is 8.31. The molecule has 7 heteroatoms. The highest BCUT2D eigenvalue weighted by atomic mass is 32.1. The van der Waals surface area contributed by atoms with E-state index >= 15 is 0 Å². The van der Waals surface area contributed by atoms with Crippen molar-refractivity contribution in [3.05, 3.63) is 45.9 Å². The largest absolute Gasteiger partial charge is 0.351 e. The predicted octanol–water partition coefficient (Wildman–Crippen LogP) is 3.32. The van der Waals surface area contributed by atoms with Gasteiger partial charge in [-0.1, -0.05) is 12.1 Å². The number of anilines is 1. The molecule has 1 aliphatic heterocycles. The van der Waals surface area contributed by atoms with E-state index in [2.05, 4.69) is 15.6 Å². The predicted molar refractivity (Wildman–Crippen MR) is 103 cm³/mol. The first kappa shape index (κ1) is 18.4. The summed E-state index contributed by atoms with van der Waals surface area (Å²) in [5, 5.41) is 6.88. The molecule has 1 saturated heterocycles. The van der Waals surface area contributed by atoms with Crippen LogP contribution in [0.4, 0.5) is 10.5 Å². The number of amides is 3. The van der Waals surface area contributed by atoms with Gasteiger partial charge in [0.2, 0.25) is 5.91 Å². The maximum absolute atomic E-state index is 12.5. The number of likely N-dealkylation sites (tertiary alicyclic amines) is 1. The van der Waals surface area contributed by atoms with Crippen molar-refractivity contribution >= 4 is 29.0 Å². The van der Waals surface area contributed by atoms with E-state index in [9.17, 15) is 9.59 Å². The van der Waals surface area contributed by atoms with Gasteiger partial charge in [-0.25, -0.2) is 9.78 Å². The zero-order valence-electron chi connectivity index (χ0n) is 15.1. The summed E-state index contributed by atoms with van der Waals surface area (Å²) in [6.07, 6.45) is 3.43. The van der Waals surface area contributed by atoms with Crippen molar-refractivity contribution in [1.82, 2.24) is 15.2 Å². The molecule has 2 heterocycles. The quantitative estimate of drug-likeness (QED) is 0.865. The molecule has 0 aliphatic carbocycles. The van der Waals surface area contributed by atoms with Crippen LogP contribution in [0.5, 0.6) is 0 Å². The lowest BCUT2D eigenvalue weighted by molar-refractivity contribution is -0.126. The monoisotopic (exact) mass is 372 g/mol. The Bertz CT molecular complexity index is 789. The van der Waals surface area contributed by atoms with Crippen molar-refractivity contribution in [2.75, 3.05) is 18.4 Å². The fourth-order valence-corrected chi connectivity index (χ4v) is 3.84. The number of aromatic nitrogens is 1. The van der Waals surface area contributed by atoms with Gasteiger partial charge in [-0.05, 0) is 44.4 Å². The molecule has 1 aromatic heterocycles. The van der Waals surface area contributed by atoms with Crippen molar-refractivity contribution in [3.63, 3.8) is 0 Å². The normalized spacial score (nSPS) is 17.0. The van der Waals surface area contributed by atoms with Crippen molar-refractivity contribution in [1.29, 1.82) is 0 Å². The Kier molecular flexibility index (Phi) is 5.88. The molecular weight excluding hydrogens is 348 g/mol. The number of nitrogens with one attached hydrogen (secondary N) is 2. The zero-order chi connectivity index (χ0) is 18.5. The average Bonchev–Trinajstić information content (AvgIpc) is 3.05. The van der Waals surface area contributed by atoms with E-state index in [1.165, 1.54) is 0 Å². The van der Waals surface area contributed by atoms with Crippen molar-refractivity contribution < 1.29 is 9.59 Å². The summed E-state index contributed by atoms with van der Waals surface area (Å²) in [6, 6.07) is 7.56. The fraction of sp³-hybridized carbons (Fsp3) is 0.421. The number of nitrogens with zero attached hydrogens (tertiary/aromatic N) is 2. The van der Waals surface area contributed by atoms with E-state index in [1.54, 1.807) is 22.4 Å². The van der Waals surface area contributed by atoms with Gasteiger partial charge in [0.25, 0.3) is 0 Å². The molecule has 6 nitrogen and oxygen atoms in total. The van der Waals surface area contributed by atoms with Gasteiger partial charge in [0.1, 0.15) is 0 Å². The minimum Gasteiger partial charge on any atom is -0.351 e. The summed E-state index contributed by atoms with van der Waals surface area (Å²) in [4.78, 5) is 31.9. The average molecular weight is 372 g/mol. The fourth-order valence-electron chi connectivity index (χ4n) is 3.11. The standard InChI is InChI=1S/C19H24N4O2S/c1-13-5-3-7-16(9-13)22-19(25)23-8-4-6-15(12-23)18(24)21-11-17-10-20-14(2)26-17/h3,5,7,9-10,15H,4,6,8,11-12H2,1-2H3,(H,21,24)(H,22,25). The first-order valence-electron chi connectivity index (χ1n) is 8.83. The molecule has 26 heavy (non-hydrogen) atoms. The Morgan fingerprint density at radius 2 is 2.19 bits per heavy atom. The summed E-state index contributed by atoms with van der Waals surface area (Å²) in [7, 11) is 0. The summed E-state index contributed by atoms with van der Waals surface area (Å²) in [5.74, 6) is -0.162. The van der Waals surface area contributed by atoms with Gasteiger partial charge in [-0.2, -0.15) is 0 Å². The van der Waals surface area contributed by atoms with E-state index in [4.69, 9.17) is 0 Å². The maximum Gasteiger partial charge on any atom is 0.321 e. The third-order valence-electron chi connectivity index (χ3n) is 4.45. The number of hydrogen-bond acceptors (Lipinski definition) is 4. The Morgan fingerprint density at radius 1 is 1.35 bits per heavy atom. The van der Waals surface area contributed by atoms with Crippen LogP contribution in [-0.4, -0.2) is 34.9 Å². The number of carbonyl (C=O) groups is 2. The molecule has 1 unspecified atom stereocenters. The van der Waals surface area contributed by atoms with Gasteiger partial charge in [0.05, 0.1) is 17.5 Å². The smallest absolute Gasteiger partial charge is 0.321 e. The highest BCUT2D eigenvalue weighted by molar-refractivity contribution is 7.11. The summed E-state index contributed by atoms with van der Waals surface area (Å²) < 4.78 is 0. The number of benzene rings is 1. The molecule has 138 valence electrons. The lowest BCUT2D eigenvalue weighted by atomic mass is 9.97. The highest BCUT2D eigenvalue weighted by Gasteiger charge is 2.28. The molecular formula is C19H24N4O2S. The summed E-state index contributed by atoms with van der Waals surface area (Å²) in [6.45, 7) is 5.56. The van der Waals surface area contributed by atoms with E-state index in [0.29, 0.717) is 19.6 Å². The minimum atomic E-state index is -0.166. The number of carbonyl (C=O) groups excluding carboxylic acids is 2. The molecule has 0 saturated carbocycles. The Balaban J connectivity index is 1.52. The molecule has 1 fully saturated rings. The summed E-state index contributed by atoms with van der Waals surface area (Å²) in [5.41, 5.74) is 1.87. The Hall–Kier alpha value is -2.41. The Labute approximate surface area is 157 Å². The van der Waals surface area contributed by atoms with E-state index in [0.717, 1.165) is 34.0 Å². The van der Waals surface area contributed by atoms with Gasteiger partial charge >= 0.3 is 6.03 Å². The van der Waals surface area contributed by atoms with Crippen LogP contribution in [0.25, 0.3) is 0 Å². The third kappa shape index (κ3) is 4.82. The van der Waals surface area contributed by atoms with Crippen molar-refractivity contribution in [3.8, 4) is 0 Å². The second-order valence-corrected chi connectivity index (χ2v) is 7.97. The van der Waals surface area contributed by atoms with E-state index in [-0.39, 0.29) is 17.9 Å². The molecule has 1 aliphatic rings. The molecule has 2 aromatic rings. The van der Waals surface area contributed by atoms with Crippen molar-refractivity contribution in [2.45, 2.75) is 33.2 Å². The number of urea groups is 1. The van der Waals surface area contributed by atoms with Crippen LogP contribution in [0.1, 0.15) is 28.3 Å². The zero-order valence-corrected chi connectivity index (χ0v) is 15.9. The van der Waals surface area contributed by atoms with Crippen LogP contribution >= 0.6 is 11.3 Å². The van der Waals surface area contributed by atoms with Crippen LogP contribution in [-0.2, 0) is 11.3 Å². The van der Waals surface area contributed by atoms with Gasteiger partial charge in [0.15, 0.2) is 0 Å². The molecule has 3 amide bonds. The van der Waals surface area contributed by atoms with Crippen LogP contribution < -0.4 is 10.6 Å². The van der Waals surface area contributed by atoms with E-state index in [1.807, 2.05) is 38.1 Å². The number of piperidine rings is 1. The number of aryl methyl sites for hydroxylation is 2. The molecule has 2 N–H and O–H groups in total. The Morgan fingerprint density at radius 3 is 2.92 bits per heavy atom. The van der Waals surface area contributed by atoms with Gasteiger partial charge in [-0.3, -0.25) is 4.79 Å². The lowest BCUT2D eigenvalue weighted by Gasteiger charge is -2.32. The summed E-state index contributed by atoms with van der Waals surface area (Å²) >= 11 is 1.58. The molecule has 0 radical (unpaired) electrons. The van der Waals surface area contributed by atoms with Crippen LogP contribution in [0.15, 0.2) is 30.5 Å². The van der Waals surface area contributed by atoms with Crippen LogP contribution in [0.2, 0.25) is 0 Å². The van der Waals surface area contributed by atoms with Crippen molar-refractivity contribution in [2.24, 2.45) is 5.92 Å². The first-order valence-corrected chi connectivity index (χ1v) is 9.64. The minimum absolute atomic E-state index is 0.00380. The first-order chi connectivity index (χ1) is 12.5. The van der Waals surface area contributed by atoms with Crippen LogP contribution in [0.3, 0.4) is 0 Å². The maximum atomic E-state index is 12.5. The third-order valence-corrected chi connectivity index (χ3v) is 5.37. The van der Waals surface area contributed by atoms with Gasteiger partial charge in [-0.15, -0.1) is 11.3 Å². The molecule has 1 aromatic carbocycles. The van der Waals surface area contributed by atoms with Gasteiger partial charge in [0, 0.05) is 29.9 Å². The molecule has 0 bridgehead atoms. The lowest BCUT2D eigenvalue weighted by Crippen LogP contribution is -2.46. The van der Waals surface area contributed by atoms with Crippen LogP contribution in [0, 0.1) is 19.8 Å². The number of hydrogen-bond donors (Lipinski definition) is 2. The second-order valence-electron chi connectivity index (χ2n) is 6.65. The number of thiazole rings is 1. The topological polar surface area (TPSA) is 74.3 Å². The number of rotatable bonds is 4. The highest BCUT2D eigenvalue weighted by Crippen LogP contribution is 2.19. The van der Waals surface area contributed by atoms with E-state index < -0.39 is 0 Å². The molecule has 3 rings (SSSR count). The SMILES string of the molecule is Cc1cccc(NC(=O)N2CCCC(C(=O)NCc3cnc(C)s3)C2)c1. The van der Waals surface area contributed by atoms with Gasteiger partial charge < -0.3 is 15.5 Å². The molecule has 0 spiro atoms. The molecule has 1 atom stereocenters.